The first-order valence-corrected chi connectivity index (χ1v) is 7.95. The summed E-state index contributed by atoms with van der Waals surface area (Å²) in [7, 11) is 2.18. The number of piperidine rings is 2. The summed E-state index contributed by atoms with van der Waals surface area (Å²) < 4.78 is 28.4. The second kappa shape index (κ2) is 6.01. The lowest BCUT2D eigenvalue weighted by Gasteiger charge is -2.47. The Morgan fingerprint density at radius 2 is 1.76 bits per heavy atom. The summed E-state index contributed by atoms with van der Waals surface area (Å²) in [4.78, 5) is 2.46. The molecule has 2 aliphatic heterocycles. The van der Waals surface area contributed by atoms with Gasteiger partial charge in [-0.1, -0.05) is 36.8 Å². The number of nitrogens with zero attached hydrogens (tertiary/aromatic N) is 1. The Kier molecular flexibility index (Phi) is 4.27. The molecule has 2 heterocycles. The van der Waals surface area contributed by atoms with Gasteiger partial charge in [-0.3, -0.25) is 0 Å². The van der Waals surface area contributed by atoms with Crippen molar-refractivity contribution in [1.29, 1.82) is 0 Å². The number of alkyl halides is 2. The van der Waals surface area contributed by atoms with Crippen molar-refractivity contribution in [3.05, 3.63) is 35.9 Å². The average molecular weight is 294 g/mol. The quantitative estimate of drug-likeness (QED) is 0.916. The minimum absolute atomic E-state index is 0.102. The molecule has 2 nitrogen and oxygen atoms in total. The van der Waals surface area contributed by atoms with Crippen LogP contribution in [0.2, 0.25) is 0 Å². The summed E-state index contributed by atoms with van der Waals surface area (Å²) in [6.07, 6.45) is 5.70. The molecule has 0 aliphatic carbocycles. The van der Waals surface area contributed by atoms with Crippen molar-refractivity contribution in [3.63, 3.8) is 0 Å². The molecule has 2 bridgehead atoms. The molecule has 4 heteroatoms. The lowest BCUT2D eigenvalue weighted by atomic mass is 9.82. The standard InChI is InChI=1S/C17H24F2N2/c1-21-15-8-5-9-16(21)11-14(10-15)20-12-17(18,19)13-6-3-2-4-7-13/h2-4,6-7,14-16,20H,5,8-12H2,1H3. The number of rotatable bonds is 4. The van der Waals surface area contributed by atoms with E-state index in [1.54, 1.807) is 18.2 Å². The maximum absolute atomic E-state index is 14.2. The first kappa shape index (κ1) is 14.9. The highest BCUT2D eigenvalue weighted by Gasteiger charge is 2.38. The fourth-order valence-corrected chi connectivity index (χ4v) is 3.84. The molecule has 2 fully saturated rings. The fraction of sp³-hybridized carbons (Fsp3) is 0.647. The van der Waals surface area contributed by atoms with Crippen LogP contribution in [0, 0.1) is 0 Å². The highest BCUT2D eigenvalue weighted by atomic mass is 19.3. The smallest absolute Gasteiger partial charge is 0.285 e. The SMILES string of the molecule is CN1C2CCCC1CC(NCC(F)(F)c1ccccc1)C2. The molecular formula is C17H24F2N2. The number of nitrogens with one attached hydrogen (secondary N) is 1. The average Bonchev–Trinajstić information content (AvgIpc) is 2.46. The van der Waals surface area contributed by atoms with Crippen LogP contribution < -0.4 is 5.32 Å². The summed E-state index contributed by atoms with van der Waals surface area (Å²) in [5.41, 5.74) is 0.102. The normalized spacial score (nSPS) is 30.3. The van der Waals surface area contributed by atoms with Crippen molar-refractivity contribution >= 4 is 0 Å². The molecule has 21 heavy (non-hydrogen) atoms. The van der Waals surface area contributed by atoms with Crippen molar-refractivity contribution in [2.24, 2.45) is 0 Å². The summed E-state index contributed by atoms with van der Waals surface area (Å²) in [5, 5.41) is 3.13. The van der Waals surface area contributed by atoms with E-state index in [4.69, 9.17) is 0 Å². The lowest BCUT2D eigenvalue weighted by molar-refractivity contribution is -0.0148. The van der Waals surface area contributed by atoms with Crippen LogP contribution in [0.3, 0.4) is 0 Å². The summed E-state index contributed by atoms with van der Waals surface area (Å²) in [6.45, 7) is -0.259. The Morgan fingerprint density at radius 3 is 2.38 bits per heavy atom. The molecule has 0 spiro atoms. The van der Waals surface area contributed by atoms with Crippen molar-refractivity contribution in [1.82, 2.24) is 10.2 Å². The van der Waals surface area contributed by atoms with E-state index in [-0.39, 0.29) is 18.2 Å². The number of halogens is 2. The van der Waals surface area contributed by atoms with E-state index < -0.39 is 5.92 Å². The van der Waals surface area contributed by atoms with Crippen LogP contribution in [0.1, 0.15) is 37.7 Å². The largest absolute Gasteiger partial charge is 0.308 e. The minimum Gasteiger partial charge on any atom is -0.308 e. The molecule has 2 aliphatic rings. The zero-order valence-corrected chi connectivity index (χ0v) is 12.6. The van der Waals surface area contributed by atoms with E-state index in [1.807, 2.05) is 0 Å². The summed E-state index contributed by atoms with van der Waals surface area (Å²) >= 11 is 0. The maximum Gasteiger partial charge on any atom is 0.285 e. The zero-order chi connectivity index (χ0) is 14.9. The first-order chi connectivity index (χ1) is 10.1. The van der Waals surface area contributed by atoms with Gasteiger partial charge in [-0.25, -0.2) is 0 Å². The van der Waals surface area contributed by atoms with Crippen LogP contribution in [-0.4, -0.2) is 36.6 Å². The highest BCUT2D eigenvalue weighted by molar-refractivity contribution is 5.20. The van der Waals surface area contributed by atoms with Gasteiger partial charge in [-0.15, -0.1) is 0 Å². The van der Waals surface area contributed by atoms with Crippen LogP contribution in [0.25, 0.3) is 0 Å². The Hall–Kier alpha value is -1.00. The first-order valence-electron chi connectivity index (χ1n) is 7.95. The Labute approximate surface area is 125 Å². The molecule has 1 aromatic carbocycles. The van der Waals surface area contributed by atoms with Gasteiger partial charge >= 0.3 is 0 Å². The van der Waals surface area contributed by atoms with Gasteiger partial charge in [-0.05, 0) is 32.7 Å². The van der Waals surface area contributed by atoms with Crippen LogP contribution in [-0.2, 0) is 5.92 Å². The van der Waals surface area contributed by atoms with E-state index in [2.05, 4.69) is 17.3 Å². The van der Waals surface area contributed by atoms with Crippen LogP contribution in [0.15, 0.2) is 30.3 Å². The zero-order valence-electron chi connectivity index (χ0n) is 12.6. The highest BCUT2D eigenvalue weighted by Crippen LogP contribution is 2.33. The molecule has 0 saturated carbocycles. The summed E-state index contributed by atoms with van der Waals surface area (Å²) in [6, 6.07) is 9.49. The van der Waals surface area contributed by atoms with Crippen LogP contribution >= 0.6 is 0 Å². The molecule has 3 rings (SSSR count). The molecular weight excluding hydrogens is 270 g/mol. The molecule has 1 N–H and O–H groups in total. The van der Waals surface area contributed by atoms with Gasteiger partial charge < -0.3 is 10.2 Å². The van der Waals surface area contributed by atoms with E-state index >= 15 is 0 Å². The van der Waals surface area contributed by atoms with E-state index in [1.165, 1.54) is 31.4 Å². The van der Waals surface area contributed by atoms with Crippen LogP contribution in [0.4, 0.5) is 8.78 Å². The van der Waals surface area contributed by atoms with Gasteiger partial charge in [0.25, 0.3) is 5.92 Å². The third-order valence-electron chi connectivity index (χ3n) is 5.15. The molecule has 0 aromatic heterocycles. The summed E-state index contributed by atoms with van der Waals surface area (Å²) in [5.74, 6) is -2.79. The topological polar surface area (TPSA) is 15.3 Å². The lowest BCUT2D eigenvalue weighted by Crippen LogP contribution is -2.55. The second-order valence-electron chi connectivity index (χ2n) is 6.52. The van der Waals surface area contributed by atoms with Crippen molar-refractivity contribution < 1.29 is 8.78 Å². The van der Waals surface area contributed by atoms with Crippen molar-refractivity contribution in [2.75, 3.05) is 13.6 Å². The van der Waals surface area contributed by atoms with Gasteiger partial charge in [0, 0.05) is 23.7 Å². The number of fused-ring (bicyclic) bond motifs is 2. The van der Waals surface area contributed by atoms with Gasteiger partial charge in [0.05, 0.1) is 6.54 Å². The predicted molar refractivity (Wildman–Crippen MR) is 80.6 cm³/mol. The molecule has 1 aromatic rings. The Balaban J connectivity index is 1.58. The van der Waals surface area contributed by atoms with Gasteiger partial charge in [0.2, 0.25) is 0 Å². The third-order valence-corrected chi connectivity index (χ3v) is 5.15. The second-order valence-corrected chi connectivity index (χ2v) is 6.52. The van der Waals surface area contributed by atoms with E-state index in [9.17, 15) is 8.78 Å². The predicted octanol–water partition coefficient (Wildman–Crippen LogP) is 3.38. The van der Waals surface area contributed by atoms with E-state index in [0.717, 1.165) is 12.8 Å². The Bertz CT molecular complexity index is 449. The number of benzene rings is 1. The monoisotopic (exact) mass is 294 g/mol. The number of hydrogen-bond acceptors (Lipinski definition) is 2. The van der Waals surface area contributed by atoms with Crippen molar-refractivity contribution in [3.8, 4) is 0 Å². The Morgan fingerprint density at radius 1 is 1.14 bits per heavy atom. The van der Waals surface area contributed by atoms with Crippen molar-refractivity contribution in [2.45, 2.75) is 56.2 Å². The maximum atomic E-state index is 14.2. The number of hydrogen-bond donors (Lipinski definition) is 1. The molecule has 0 radical (unpaired) electrons. The van der Waals surface area contributed by atoms with Gasteiger partial charge in [0.15, 0.2) is 0 Å². The fourth-order valence-electron chi connectivity index (χ4n) is 3.84. The van der Waals surface area contributed by atoms with Crippen LogP contribution in [0.5, 0.6) is 0 Å². The minimum atomic E-state index is -2.79. The molecule has 116 valence electrons. The van der Waals surface area contributed by atoms with Gasteiger partial charge in [0.1, 0.15) is 0 Å². The van der Waals surface area contributed by atoms with E-state index in [0.29, 0.717) is 12.1 Å². The van der Waals surface area contributed by atoms with Gasteiger partial charge in [-0.2, -0.15) is 8.78 Å². The molecule has 2 unspecified atom stereocenters. The third kappa shape index (κ3) is 3.27. The molecule has 2 saturated heterocycles. The molecule has 0 amide bonds. The molecule has 2 atom stereocenters.